The van der Waals surface area contributed by atoms with Crippen LogP contribution in [0, 0.1) is 6.92 Å². The van der Waals surface area contributed by atoms with E-state index in [2.05, 4.69) is 32.5 Å². The molecule has 1 unspecified atom stereocenters. The highest BCUT2D eigenvalue weighted by molar-refractivity contribution is 6.30. The van der Waals surface area contributed by atoms with Crippen LogP contribution < -0.4 is 4.90 Å². The summed E-state index contributed by atoms with van der Waals surface area (Å²) in [6, 6.07) is 27.5. The van der Waals surface area contributed by atoms with Gasteiger partial charge in [0.15, 0.2) is 0 Å². The summed E-state index contributed by atoms with van der Waals surface area (Å²) in [5, 5.41) is 18.3. The van der Waals surface area contributed by atoms with Gasteiger partial charge in [-0.25, -0.2) is 4.98 Å². The zero-order valence-electron chi connectivity index (χ0n) is 18.5. The van der Waals surface area contributed by atoms with E-state index < -0.39 is 0 Å². The Hall–Kier alpha value is -4.16. The van der Waals surface area contributed by atoms with Crippen molar-refractivity contribution in [1.29, 1.82) is 0 Å². The van der Waals surface area contributed by atoms with E-state index in [9.17, 15) is 0 Å². The van der Waals surface area contributed by atoms with Crippen molar-refractivity contribution in [2.75, 3.05) is 4.90 Å². The van der Waals surface area contributed by atoms with Crippen molar-refractivity contribution >= 4 is 41.8 Å². The van der Waals surface area contributed by atoms with Gasteiger partial charge in [0.1, 0.15) is 12.4 Å². The maximum absolute atomic E-state index is 6.00. The molecule has 0 amide bonds. The lowest BCUT2D eigenvalue weighted by atomic mass is 9.95. The topological polar surface area (TPSA) is 66.6 Å². The summed E-state index contributed by atoms with van der Waals surface area (Å²) in [5.74, 6) is 0.447. The van der Waals surface area contributed by atoms with Crippen LogP contribution in [0.15, 0.2) is 95.1 Å². The molecule has 1 aliphatic heterocycles. The summed E-state index contributed by atoms with van der Waals surface area (Å²) < 4.78 is 0. The van der Waals surface area contributed by atoms with E-state index in [0.717, 1.165) is 33.8 Å². The molecule has 0 saturated carbocycles. The van der Waals surface area contributed by atoms with E-state index in [1.165, 1.54) is 0 Å². The quantitative estimate of drug-likeness (QED) is 0.363. The van der Waals surface area contributed by atoms with Crippen molar-refractivity contribution in [3.63, 3.8) is 0 Å². The van der Waals surface area contributed by atoms with E-state index in [1.807, 2.05) is 96.8 Å². The lowest BCUT2D eigenvalue weighted by molar-refractivity contribution is 0.814. The van der Waals surface area contributed by atoms with Crippen LogP contribution in [0.3, 0.4) is 0 Å². The van der Waals surface area contributed by atoms with Gasteiger partial charge < -0.3 is 0 Å². The second-order valence-electron chi connectivity index (χ2n) is 7.77. The van der Waals surface area contributed by atoms with Gasteiger partial charge in [-0.2, -0.15) is 5.10 Å². The lowest BCUT2D eigenvalue weighted by Gasteiger charge is -2.31. The van der Waals surface area contributed by atoms with Crippen LogP contribution in [-0.2, 0) is 0 Å². The maximum Gasteiger partial charge on any atom is 0.252 e. The molecule has 3 aromatic carbocycles. The molecule has 6 nitrogen and oxygen atoms in total. The fourth-order valence-corrected chi connectivity index (χ4v) is 3.87. The van der Waals surface area contributed by atoms with Gasteiger partial charge in [-0.05, 0) is 36.3 Å². The van der Waals surface area contributed by atoms with Crippen molar-refractivity contribution in [1.82, 2.24) is 15.2 Å². The number of benzene rings is 3. The van der Waals surface area contributed by atoms with Crippen LogP contribution in [0.5, 0.6) is 0 Å². The molecule has 0 spiro atoms. The third kappa shape index (κ3) is 4.63. The molecule has 0 radical (unpaired) electrons. The van der Waals surface area contributed by atoms with Gasteiger partial charge in [0.2, 0.25) is 0 Å². The van der Waals surface area contributed by atoms with E-state index in [4.69, 9.17) is 16.6 Å². The van der Waals surface area contributed by atoms with Crippen molar-refractivity contribution < 1.29 is 0 Å². The Bertz CT molecular complexity index is 1370. The number of halogens is 1. The summed E-state index contributed by atoms with van der Waals surface area (Å²) >= 11 is 6.00. The number of nitrogens with zero attached hydrogens (tertiary/aromatic N) is 6. The second-order valence-corrected chi connectivity index (χ2v) is 8.21. The van der Waals surface area contributed by atoms with Gasteiger partial charge in [-0.3, -0.25) is 4.90 Å². The third-order valence-electron chi connectivity index (χ3n) is 5.48. The minimum Gasteiger partial charge on any atom is -0.285 e. The van der Waals surface area contributed by atoms with E-state index >= 15 is 0 Å². The monoisotopic (exact) mass is 464 g/mol. The van der Waals surface area contributed by atoms with E-state index in [-0.39, 0.29) is 6.04 Å². The van der Waals surface area contributed by atoms with Gasteiger partial charge in [0.25, 0.3) is 5.95 Å². The predicted molar refractivity (Wildman–Crippen MR) is 138 cm³/mol. The Labute approximate surface area is 203 Å². The summed E-state index contributed by atoms with van der Waals surface area (Å²) in [6.45, 7) is 1.89. The van der Waals surface area contributed by atoms with Gasteiger partial charge in [-0.15, -0.1) is 15.3 Å². The normalized spacial score (nSPS) is 15.5. The summed E-state index contributed by atoms with van der Waals surface area (Å²) in [6.07, 6.45) is 5.57. The third-order valence-corrected chi connectivity index (χ3v) is 5.73. The first-order valence-corrected chi connectivity index (χ1v) is 11.2. The molecule has 0 bridgehead atoms. The molecule has 0 fully saturated rings. The summed E-state index contributed by atoms with van der Waals surface area (Å²) in [4.78, 5) is 6.74. The molecule has 34 heavy (non-hydrogen) atoms. The number of aryl methyl sites for hydroxylation is 1. The molecule has 0 aliphatic carbocycles. The van der Waals surface area contributed by atoms with Crippen LogP contribution >= 0.6 is 11.6 Å². The van der Waals surface area contributed by atoms with Crippen molar-refractivity contribution in [3.8, 4) is 0 Å². The molecule has 0 saturated heterocycles. The van der Waals surface area contributed by atoms with Crippen LogP contribution in [0.25, 0.3) is 12.2 Å². The van der Waals surface area contributed by atoms with Crippen molar-refractivity contribution in [2.24, 2.45) is 10.2 Å². The largest absolute Gasteiger partial charge is 0.285 e. The fraction of sp³-hybridized carbons (Fsp3) is 0.0741. The SMILES string of the molecule is Cc1nnc(N2C=NN=C(c3ccccc3)C2c2ccccc2)nc1/C=C/c1ccc(Cl)cc1. The molecule has 2 heterocycles. The fourth-order valence-electron chi connectivity index (χ4n) is 3.74. The molecule has 1 atom stereocenters. The minimum absolute atomic E-state index is 0.251. The molecule has 4 aromatic rings. The van der Waals surface area contributed by atoms with Crippen LogP contribution in [-0.4, -0.2) is 27.2 Å². The first-order chi connectivity index (χ1) is 16.7. The molecule has 166 valence electrons. The molecule has 5 rings (SSSR count). The number of hydrogen-bond acceptors (Lipinski definition) is 6. The Kier molecular flexibility index (Phi) is 6.23. The van der Waals surface area contributed by atoms with Crippen molar-refractivity contribution in [3.05, 3.63) is 118 Å². The minimum atomic E-state index is -0.251. The lowest BCUT2D eigenvalue weighted by Crippen LogP contribution is -2.37. The van der Waals surface area contributed by atoms with Crippen LogP contribution in [0.2, 0.25) is 5.02 Å². The summed E-state index contributed by atoms with van der Waals surface area (Å²) in [7, 11) is 0. The Morgan fingerprint density at radius 1 is 0.824 bits per heavy atom. The van der Waals surface area contributed by atoms with Gasteiger partial charge >= 0.3 is 0 Å². The van der Waals surface area contributed by atoms with Gasteiger partial charge in [0.05, 0.1) is 17.1 Å². The standard InChI is InChI=1S/C27H21ClN6/c1-19-24(17-14-20-12-15-23(28)16-13-20)30-27(33-31-19)34-18-29-32-25(21-8-4-2-5-9-21)26(34)22-10-6-3-7-11-22/h2-18,26H,1H3/b17-14+. The van der Waals surface area contributed by atoms with E-state index in [0.29, 0.717) is 11.0 Å². The molecule has 1 aromatic heterocycles. The molecule has 7 heteroatoms. The number of aromatic nitrogens is 3. The predicted octanol–water partition coefficient (Wildman–Crippen LogP) is 6.00. The molecular formula is C27H21ClN6. The summed E-state index contributed by atoms with van der Waals surface area (Å²) in [5.41, 5.74) is 5.33. The van der Waals surface area contributed by atoms with Gasteiger partial charge in [0, 0.05) is 10.6 Å². The number of hydrogen-bond donors (Lipinski definition) is 0. The first kappa shape index (κ1) is 21.7. The number of rotatable bonds is 5. The van der Waals surface area contributed by atoms with Gasteiger partial charge in [-0.1, -0.05) is 90.5 Å². The van der Waals surface area contributed by atoms with Crippen molar-refractivity contribution in [2.45, 2.75) is 13.0 Å². The number of anilines is 1. The highest BCUT2D eigenvalue weighted by Crippen LogP contribution is 2.30. The highest BCUT2D eigenvalue weighted by atomic mass is 35.5. The highest BCUT2D eigenvalue weighted by Gasteiger charge is 2.31. The smallest absolute Gasteiger partial charge is 0.252 e. The Morgan fingerprint density at radius 2 is 1.53 bits per heavy atom. The molecule has 1 aliphatic rings. The molecular weight excluding hydrogens is 444 g/mol. The Morgan fingerprint density at radius 3 is 2.26 bits per heavy atom. The zero-order valence-corrected chi connectivity index (χ0v) is 19.2. The first-order valence-electron chi connectivity index (χ1n) is 10.8. The van der Waals surface area contributed by atoms with Crippen LogP contribution in [0.4, 0.5) is 5.95 Å². The Balaban J connectivity index is 1.54. The van der Waals surface area contributed by atoms with Crippen LogP contribution in [0.1, 0.15) is 34.1 Å². The average Bonchev–Trinajstić information content (AvgIpc) is 2.90. The zero-order chi connectivity index (χ0) is 23.3. The average molecular weight is 465 g/mol. The maximum atomic E-state index is 6.00. The molecule has 0 N–H and O–H groups in total. The van der Waals surface area contributed by atoms with E-state index in [1.54, 1.807) is 6.34 Å². The second kappa shape index (κ2) is 9.77.